The van der Waals surface area contributed by atoms with E-state index in [0.29, 0.717) is 10.8 Å². The molecule has 1 rings (SSSR count). The van der Waals surface area contributed by atoms with Gasteiger partial charge < -0.3 is 10.9 Å². The molecule has 5 heteroatoms. The highest BCUT2D eigenvalue weighted by atomic mass is 32.2. The largest absolute Gasteiger partial charge is 0.409 e. The van der Waals surface area contributed by atoms with Gasteiger partial charge in [-0.3, -0.25) is 0 Å². The summed E-state index contributed by atoms with van der Waals surface area (Å²) in [5, 5.41) is 12.8. The highest BCUT2D eigenvalue weighted by Crippen LogP contribution is 2.20. The number of nitrogens with two attached hydrogens (primary N) is 1. The fraction of sp³-hybridized carbons (Fsp3) is 0.333. The summed E-state index contributed by atoms with van der Waals surface area (Å²) in [4.78, 5) is 4.18. The normalized spacial score (nSPS) is 12.1. The van der Waals surface area contributed by atoms with Gasteiger partial charge in [-0.2, -0.15) is 0 Å². The molecule has 0 spiro atoms. The van der Waals surface area contributed by atoms with Crippen LogP contribution in [0, 0.1) is 0 Å². The number of pyridine rings is 1. The minimum atomic E-state index is 0.0820. The van der Waals surface area contributed by atoms with Crippen LogP contribution in [-0.4, -0.2) is 21.3 Å². The summed E-state index contributed by atoms with van der Waals surface area (Å²) in [6.07, 6.45) is 1.60. The lowest BCUT2D eigenvalue weighted by molar-refractivity contribution is 0.318. The Balaban J connectivity index is 2.78. The van der Waals surface area contributed by atoms with Crippen molar-refractivity contribution in [3.8, 4) is 0 Å². The van der Waals surface area contributed by atoms with Crippen molar-refractivity contribution in [3.05, 3.63) is 23.9 Å². The topological polar surface area (TPSA) is 71.5 Å². The lowest BCUT2D eigenvalue weighted by atomic mass is 10.3. The number of hydrogen-bond donors (Lipinski definition) is 2. The standard InChI is InChI=1S/C9H13N3OS/c1-6(2)14-8-4-3-7(5-11-8)9(10)12-13/h3-6,13H,1-2H3,(H2,10,12). The summed E-state index contributed by atoms with van der Waals surface area (Å²) in [5.41, 5.74) is 6.02. The van der Waals surface area contributed by atoms with Crippen LogP contribution < -0.4 is 5.73 Å². The van der Waals surface area contributed by atoms with E-state index in [4.69, 9.17) is 10.9 Å². The molecular formula is C9H13N3OS. The molecule has 0 amide bonds. The van der Waals surface area contributed by atoms with Gasteiger partial charge in [-0.15, -0.1) is 11.8 Å². The van der Waals surface area contributed by atoms with E-state index in [2.05, 4.69) is 24.0 Å². The zero-order valence-corrected chi connectivity index (χ0v) is 8.95. The summed E-state index contributed by atoms with van der Waals surface area (Å²) in [6, 6.07) is 3.64. The maximum atomic E-state index is 8.43. The van der Waals surface area contributed by atoms with Crippen molar-refractivity contribution in [3.63, 3.8) is 0 Å². The van der Waals surface area contributed by atoms with Crippen LogP contribution in [0.1, 0.15) is 19.4 Å². The molecular weight excluding hydrogens is 198 g/mol. The summed E-state index contributed by atoms with van der Waals surface area (Å²) >= 11 is 1.67. The number of hydrogen-bond acceptors (Lipinski definition) is 4. The van der Waals surface area contributed by atoms with Gasteiger partial charge in [0.25, 0.3) is 0 Å². The molecule has 0 radical (unpaired) electrons. The predicted molar refractivity (Wildman–Crippen MR) is 57.7 cm³/mol. The third kappa shape index (κ3) is 2.92. The van der Waals surface area contributed by atoms with E-state index in [1.807, 2.05) is 6.07 Å². The van der Waals surface area contributed by atoms with Crippen LogP contribution in [0.3, 0.4) is 0 Å². The maximum absolute atomic E-state index is 8.43. The number of oxime groups is 1. The molecule has 1 heterocycles. The van der Waals surface area contributed by atoms with E-state index >= 15 is 0 Å². The second kappa shape index (κ2) is 4.85. The second-order valence-corrected chi connectivity index (χ2v) is 4.63. The first-order valence-corrected chi connectivity index (χ1v) is 5.12. The summed E-state index contributed by atoms with van der Waals surface area (Å²) < 4.78 is 0. The average Bonchev–Trinajstić information content (AvgIpc) is 2.17. The Morgan fingerprint density at radius 1 is 1.57 bits per heavy atom. The predicted octanol–water partition coefficient (Wildman–Crippen LogP) is 1.68. The minimum absolute atomic E-state index is 0.0820. The number of aromatic nitrogens is 1. The SMILES string of the molecule is CC(C)Sc1ccc(/C(N)=N/O)cn1. The van der Waals surface area contributed by atoms with Crippen LogP contribution in [0.25, 0.3) is 0 Å². The first-order chi connectivity index (χ1) is 6.63. The summed E-state index contributed by atoms with van der Waals surface area (Å²) in [5.74, 6) is 0.0820. The zero-order valence-electron chi connectivity index (χ0n) is 8.14. The maximum Gasteiger partial charge on any atom is 0.171 e. The Hall–Kier alpha value is -1.23. The molecule has 0 aliphatic rings. The van der Waals surface area contributed by atoms with Crippen LogP contribution in [0.2, 0.25) is 0 Å². The molecule has 76 valence electrons. The van der Waals surface area contributed by atoms with E-state index in [1.54, 1.807) is 24.0 Å². The van der Waals surface area contributed by atoms with Crippen molar-refractivity contribution in [1.82, 2.24) is 4.98 Å². The molecule has 0 bridgehead atoms. The second-order valence-electron chi connectivity index (χ2n) is 3.04. The Morgan fingerprint density at radius 3 is 2.71 bits per heavy atom. The molecule has 0 saturated heterocycles. The number of nitrogens with zero attached hydrogens (tertiary/aromatic N) is 2. The fourth-order valence-electron chi connectivity index (χ4n) is 0.901. The molecule has 0 fully saturated rings. The molecule has 4 nitrogen and oxygen atoms in total. The average molecular weight is 211 g/mol. The van der Waals surface area contributed by atoms with E-state index in [1.165, 1.54) is 0 Å². The molecule has 1 aromatic heterocycles. The van der Waals surface area contributed by atoms with Gasteiger partial charge in [0, 0.05) is 17.0 Å². The van der Waals surface area contributed by atoms with E-state index in [9.17, 15) is 0 Å². The van der Waals surface area contributed by atoms with Gasteiger partial charge in [-0.05, 0) is 12.1 Å². The highest BCUT2D eigenvalue weighted by molar-refractivity contribution is 7.99. The molecule has 0 saturated carbocycles. The Morgan fingerprint density at radius 2 is 2.29 bits per heavy atom. The molecule has 0 aromatic carbocycles. The first kappa shape index (κ1) is 10.8. The first-order valence-electron chi connectivity index (χ1n) is 4.24. The molecule has 14 heavy (non-hydrogen) atoms. The van der Waals surface area contributed by atoms with Gasteiger partial charge in [0.05, 0.1) is 5.03 Å². The van der Waals surface area contributed by atoms with Crippen LogP contribution in [0.5, 0.6) is 0 Å². The van der Waals surface area contributed by atoms with Gasteiger partial charge in [-0.1, -0.05) is 19.0 Å². The van der Waals surface area contributed by atoms with Gasteiger partial charge in [-0.25, -0.2) is 4.98 Å². The van der Waals surface area contributed by atoms with Crippen molar-refractivity contribution in [2.45, 2.75) is 24.1 Å². The zero-order chi connectivity index (χ0) is 10.6. The molecule has 0 unspecified atom stereocenters. The van der Waals surface area contributed by atoms with Crippen molar-refractivity contribution in [2.75, 3.05) is 0 Å². The fourth-order valence-corrected chi connectivity index (χ4v) is 1.64. The lowest BCUT2D eigenvalue weighted by Gasteiger charge is -2.04. The van der Waals surface area contributed by atoms with Crippen molar-refractivity contribution in [2.24, 2.45) is 10.9 Å². The van der Waals surface area contributed by atoms with Crippen LogP contribution >= 0.6 is 11.8 Å². The Kier molecular flexibility index (Phi) is 3.76. The molecule has 1 aromatic rings. The third-order valence-corrected chi connectivity index (χ3v) is 2.45. The van der Waals surface area contributed by atoms with E-state index in [0.717, 1.165) is 5.03 Å². The van der Waals surface area contributed by atoms with Gasteiger partial charge >= 0.3 is 0 Å². The quantitative estimate of drug-likeness (QED) is 0.262. The smallest absolute Gasteiger partial charge is 0.171 e. The number of amidine groups is 1. The number of rotatable bonds is 3. The highest BCUT2D eigenvalue weighted by Gasteiger charge is 2.02. The van der Waals surface area contributed by atoms with Crippen LogP contribution in [-0.2, 0) is 0 Å². The molecule has 0 aliphatic heterocycles. The monoisotopic (exact) mass is 211 g/mol. The van der Waals surface area contributed by atoms with Crippen molar-refractivity contribution < 1.29 is 5.21 Å². The Bertz CT molecular complexity index is 321. The van der Waals surface area contributed by atoms with Gasteiger partial charge in [0.15, 0.2) is 5.84 Å². The summed E-state index contributed by atoms with van der Waals surface area (Å²) in [7, 11) is 0. The van der Waals surface area contributed by atoms with Gasteiger partial charge in [0.1, 0.15) is 0 Å². The molecule has 0 aliphatic carbocycles. The van der Waals surface area contributed by atoms with Crippen molar-refractivity contribution >= 4 is 17.6 Å². The summed E-state index contributed by atoms with van der Waals surface area (Å²) in [6.45, 7) is 4.20. The van der Waals surface area contributed by atoms with Gasteiger partial charge in [0.2, 0.25) is 0 Å². The van der Waals surface area contributed by atoms with E-state index in [-0.39, 0.29) is 5.84 Å². The lowest BCUT2D eigenvalue weighted by Crippen LogP contribution is -2.13. The van der Waals surface area contributed by atoms with Crippen LogP contribution in [0.4, 0.5) is 0 Å². The van der Waals surface area contributed by atoms with E-state index < -0.39 is 0 Å². The third-order valence-electron chi connectivity index (χ3n) is 1.50. The Labute approximate surface area is 87.2 Å². The van der Waals surface area contributed by atoms with Crippen LogP contribution in [0.15, 0.2) is 28.5 Å². The van der Waals surface area contributed by atoms with Crippen molar-refractivity contribution in [1.29, 1.82) is 0 Å². The molecule has 3 N–H and O–H groups in total. The molecule has 0 atom stereocenters. The number of thioether (sulfide) groups is 1. The minimum Gasteiger partial charge on any atom is -0.409 e.